The van der Waals surface area contributed by atoms with Crippen molar-refractivity contribution in [3.05, 3.63) is 29.8 Å². The Kier molecular flexibility index (Phi) is 7.83. The van der Waals surface area contributed by atoms with Gasteiger partial charge in [0.25, 0.3) is 0 Å². The summed E-state index contributed by atoms with van der Waals surface area (Å²) in [7, 11) is 0. The van der Waals surface area contributed by atoms with Crippen molar-refractivity contribution in [2.75, 3.05) is 13.2 Å². The van der Waals surface area contributed by atoms with Crippen LogP contribution in [0.2, 0.25) is 0 Å². The molecule has 1 rings (SSSR count). The van der Waals surface area contributed by atoms with E-state index in [4.69, 9.17) is 10.5 Å². The predicted molar refractivity (Wildman–Crippen MR) is 86.4 cm³/mol. The number of carbonyl (C=O) groups is 1. The highest BCUT2D eigenvalue weighted by Crippen LogP contribution is 2.14. The number of carbonyl (C=O) groups excluding carboxylic acids is 1. The second-order valence-corrected chi connectivity index (χ2v) is 5.45. The van der Waals surface area contributed by atoms with Crippen LogP contribution in [0.5, 0.6) is 5.75 Å². The molecule has 1 aromatic carbocycles. The second kappa shape index (κ2) is 9.40. The number of hydrogen-bond donors (Lipinski definition) is 2. The van der Waals surface area contributed by atoms with E-state index in [1.54, 1.807) is 0 Å². The van der Waals surface area contributed by atoms with E-state index in [1.807, 2.05) is 38.1 Å². The fraction of sp³-hybridized carbons (Fsp3) is 0.588. The lowest BCUT2D eigenvalue weighted by atomic mass is 9.99. The Hall–Kier alpha value is -1.55. The highest BCUT2D eigenvalue weighted by molar-refractivity contribution is 5.81. The van der Waals surface area contributed by atoms with Gasteiger partial charge < -0.3 is 15.8 Å². The van der Waals surface area contributed by atoms with Crippen LogP contribution in [0.15, 0.2) is 24.3 Å². The third-order valence-electron chi connectivity index (χ3n) is 3.64. The summed E-state index contributed by atoms with van der Waals surface area (Å²) in [5.41, 5.74) is 7.05. The van der Waals surface area contributed by atoms with Crippen molar-refractivity contribution >= 4 is 5.91 Å². The minimum absolute atomic E-state index is 0.0669. The Morgan fingerprint density at radius 1 is 1.38 bits per heavy atom. The molecule has 1 aromatic rings. The molecule has 0 aliphatic rings. The summed E-state index contributed by atoms with van der Waals surface area (Å²) < 4.78 is 5.60. The lowest BCUT2D eigenvalue weighted by Crippen LogP contribution is -2.45. The zero-order chi connectivity index (χ0) is 15.7. The van der Waals surface area contributed by atoms with E-state index in [9.17, 15) is 4.79 Å². The molecule has 0 saturated carbocycles. The van der Waals surface area contributed by atoms with E-state index in [-0.39, 0.29) is 11.8 Å². The van der Waals surface area contributed by atoms with Crippen molar-refractivity contribution in [2.24, 2.45) is 11.7 Å². The number of nitrogens with one attached hydrogen (secondary N) is 1. The highest BCUT2D eigenvalue weighted by atomic mass is 16.5. The Morgan fingerprint density at radius 2 is 2.14 bits per heavy atom. The van der Waals surface area contributed by atoms with Gasteiger partial charge in [0.05, 0.1) is 12.6 Å². The first-order valence-corrected chi connectivity index (χ1v) is 7.83. The molecule has 21 heavy (non-hydrogen) atoms. The maximum Gasteiger partial charge on any atom is 0.237 e. The summed E-state index contributed by atoms with van der Waals surface area (Å²) in [6, 6.07) is 7.58. The van der Waals surface area contributed by atoms with Crippen LogP contribution in [-0.2, 0) is 11.2 Å². The Morgan fingerprint density at radius 3 is 2.81 bits per heavy atom. The van der Waals surface area contributed by atoms with Crippen LogP contribution < -0.4 is 15.8 Å². The molecule has 0 radical (unpaired) electrons. The van der Waals surface area contributed by atoms with E-state index in [0.29, 0.717) is 6.54 Å². The van der Waals surface area contributed by atoms with Crippen molar-refractivity contribution in [1.82, 2.24) is 5.32 Å². The molecule has 0 fully saturated rings. The predicted octanol–water partition coefficient (Wildman–Crippen LogP) is 2.51. The first kappa shape index (κ1) is 17.5. The fourth-order valence-electron chi connectivity index (χ4n) is 1.97. The monoisotopic (exact) mass is 292 g/mol. The van der Waals surface area contributed by atoms with Crippen molar-refractivity contribution in [3.63, 3.8) is 0 Å². The molecule has 0 aromatic heterocycles. The summed E-state index contributed by atoms with van der Waals surface area (Å²) in [6.45, 7) is 7.45. The van der Waals surface area contributed by atoms with Gasteiger partial charge in [-0.25, -0.2) is 0 Å². The van der Waals surface area contributed by atoms with E-state index < -0.39 is 6.04 Å². The molecule has 0 saturated heterocycles. The topological polar surface area (TPSA) is 64.3 Å². The molecule has 118 valence electrons. The molecular formula is C17H28N2O2. The van der Waals surface area contributed by atoms with Crippen LogP contribution >= 0.6 is 0 Å². The first-order valence-electron chi connectivity index (χ1n) is 7.83. The number of ether oxygens (including phenoxy) is 1. The molecule has 2 unspecified atom stereocenters. The van der Waals surface area contributed by atoms with E-state index >= 15 is 0 Å². The Balaban J connectivity index is 2.40. The molecule has 0 spiro atoms. The summed E-state index contributed by atoms with van der Waals surface area (Å²) >= 11 is 0. The molecule has 0 heterocycles. The summed E-state index contributed by atoms with van der Waals surface area (Å²) in [6.07, 6.45) is 2.68. The van der Waals surface area contributed by atoms with Gasteiger partial charge in [-0.2, -0.15) is 0 Å². The van der Waals surface area contributed by atoms with Crippen LogP contribution in [0, 0.1) is 5.92 Å². The van der Waals surface area contributed by atoms with Crippen molar-refractivity contribution in [3.8, 4) is 5.75 Å². The maximum absolute atomic E-state index is 11.9. The average molecular weight is 292 g/mol. The number of nitrogens with two attached hydrogens (primary N) is 1. The standard InChI is InChI=1S/C17H28N2O2/c1-4-11-21-15-8-6-7-14(12-15)9-10-19-17(20)16(18)13(3)5-2/h6-8,12-13,16H,4-5,9-11,18H2,1-3H3,(H,19,20). The molecule has 4 heteroatoms. The quantitative estimate of drug-likeness (QED) is 0.735. The highest BCUT2D eigenvalue weighted by Gasteiger charge is 2.18. The second-order valence-electron chi connectivity index (χ2n) is 5.45. The van der Waals surface area contributed by atoms with E-state index in [0.717, 1.165) is 37.2 Å². The van der Waals surface area contributed by atoms with Crippen molar-refractivity contribution in [2.45, 2.75) is 46.1 Å². The lowest BCUT2D eigenvalue weighted by Gasteiger charge is -2.17. The molecule has 0 aliphatic heterocycles. The largest absolute Gasteiger partial charge is 0.494 e. The van der Waals surface area contributed by atoms with Gasteiger partial charge in [-0.1, -0.05) is 39.3 Å². The van der Waals surface area contributed by atoms with Gasteiger partial charge in [-0.05, 0) is 36.5 Å². The van der Waals surface area contributed by atoms with Gasteiger partial charge in [-0.3, -0.25) is 4.79 Å². The normalized spacial score (nSPS) is 13.5. The maximum atomic E-state index is 11.9. The smallest absolute Gasteiger partial charge is 0.237 e. The molecule has 4 nitrogen and oxygen atoms in total. The van der Waals surface area contributed by atoms with Crippen LogP contribution in [0.3, 0.4) is 0 Å². The third-order valence-corrected chi connectivity index (χ3v) is 3.64. The SMILES string of the molecule is CCCOc1cccc(CCNC(=O)C(N)C(C)CC)c1. The van der Waals surface area contributed by atoms with Gasteiger partial charge in [0, 0.05) is 6.54 Å². The summed E-state index contributed by atoms with van der Waals surface area (Å²) in [4.78, 5) is 11.9. The number of hydrogen-bond acceptors (Lipinski definition) is 3. The average Bonchev–Trinajstić information content (AvgIpc) is 2.51. The fourth-order valence-corrected chi connectivity index (χ4v) is 1.97. The zero-order valence-corrected chi connectivity index (χ0v) is 13.4. The van der Waals surface area contributed by atoms with Crippen LogP contribution in [-0.4, -0.2) is 25.1 Å². The Labute approximate surface area is 128 Å². The van der Waals surface area contributed by atoms with Crippen LogP contribution in [0.4, 0.5) is 0 Å². The van der Waals surface area contributed by atoms with Crippen molar-refractivity contribution < 1.29 is 9.53 Å². The van der Waals surface area contributed by atoms with E-state index in [1.165, 1.54) is 0 Å². The number of amides is 1. The molecular weight excluding hydrogens is 264 g/mol. The first-order chi connectivity index (χ1) is 10.1. The van der Waals surface area contributed by atoms with Gasteiger partial charge in [-0.15, -0.1) is 0 Å². The summed E-state index contributed by atoms with van der Waals surface area (Å²) in [5.74, 6) is 1.02. The molecule has 2 atom stereocenters. The minimum atomic E-state index is -0.422. The van der Waals surface area contributed by atoms with Gasteiger partial charge >= 0.3 is 0 Å². The van der Waals surface area contributed by atoms with Gasteiger partial charge in [0.2, 0.25) is 5.91 Å². The number of rotatable bonds is 9. The molecule has 3 N–H and O–H groups in total. The molecule has 1 amide bonds. The van der Waals surface area contributed by atoms with Gasteiger partial charge in [0.15, 0.2) is 0 Å². The third kappa shape index (κ3) is 6.17. The zero-order valence-electron chi connectivity index (χ0n) is 13.4. The van der Waals surface area contributed by atoms with Crippen molar-refractivity contribution in [1.29, 1.82) is 0 Å². The van der Waals surface area contributed by atoms with Gasteiger partial charge in [0.1, 0.15) is 5.75 Å². The summed E-state index contributed by atoms with van der Waals surface area (Å²) in [5, 5.41) is 2.90. The van der Waals surface area contributed by atoms with E-state index in [2.05, 4.69) is 12.2 Å². The minimum Gasteiger partial charge on any atom is -0.494 e. The van der Waals surface area contributed by atoms with Crippen LogP contribution in [0.25, 0.3) is 0 Å². The Bertz CT molecular complexity index is 435. The number of benzene rings is 1. The lowest BCUT2D eigenvalue weighted by molar-refractivity contribution is -0.123. The molecule has 0 bridgehead atoms. The molecule has 0 aliphatic carbocycles. The van der Waals surface area contributed by atoms with Crippen LogP contribution in [0.1, 0.15) is 39.2 Å².